The maximum Gasteiger partial charge on any atom is 0.245 e. The van der Waals surface area contributed by atoms with Crippen LogP contribution in [0.25, 0.3) is 11.3 Å². The molecule has 1 fully saturated rings. The molecular formula is C15H16N6O. The summed E-state index contributed by atoms with van der Waals surface area (Å²) in [5.74, 6) is 1.56. The van der Waals surface area contributed by atoms with Gasteiger partial charge in [0.15, 0.2) is 11.6 Å². The van der Waals surface area contributed by atoms with Crippen molar-refractivity contribution in [3.05, 3.63) is 35.9 Å². The van der Waals surface area contributed by atoms with E-state index < -0.39 is 0 Å². The first-order chi connectivity index (χ1) is 10.9. The summed E-state index contributed by atoms with van der Waals surface area (Å²) >= 11 is 0. The van der Waals surface area contributed by atoms with Gasteiger partial charge in [-0.1, -0.05) is 30.3 Å². The molecule has 0 unspecified atom stereocenters. The van der Waals surface area contributed by atoms with Crippen LogP contribution in [0, 0.1) is 0 Å². The van der Waals surface area contributed by atoms with Crippen LogP contribution in [0.1, 0.15) is 18.4 Å². The highest BCUT2D eigenvalue weighted by Gasteiger charge is 2.20. The maximum absolute atomic E-state index is 4.73. The van der Waals surface area contributed by atoms with Crippen LogP contribution < -0.4 is 10.2 Å². The molecular weight excluding hydrogens is 280 g/mol. The molecule has 3 aromatic rings. The number of nitrogens with zero attached hydrogens (tertiary/aromatic N) is 5. The minimum Gasteiger partial charge on any atom is -0.363 e. The molecule has 3 heterocycles. The Morgan fingerprint density at radius 2 is 1.73 bits per heavy atom. The van der Waals surface area contributed by atoms with E-state index in [4.69, 9.17) is 4.63 Å². The lowest BCUT2D eigenvalue weighted by molar-refractivity contribution is 0.314. The molecule has 0 aliphatic carbocycles. The molecule has 7 nitrogen and oxygen atoms in total. The van der Waals surface area contributed by atoms with Crippen molar-refractivity contribution in [2.24, 2.45) is 0 Å². The van der Waals surface area contributed by atoms with Crippen LogP contribution in [0.5, 0.6) is 0 Å². The number of fused-ring (bicyclic) bond motifs is 1. The topological polar surface area (TPSA) is 80.0 Å². The summed E-state index contributed by atoms with van der Waals surface area (Å²) in [4.78, 5) is 11.3. The molecule has 1 aliphatic heterocycles. The molecule has 7 heteroatoms. The third-order valence-electron chi connectivity index (χ3n) is 3.80. The van der Waals surface area contributed by atoms with Gasteiger partial charge in [0.1, 0.15) is 0 Å². The number of benzene rings is 1. The van der Waals surface area contributed by atoms with Crippen molar-refractivity contribution < 1.29 is 4.63 Å². The summed E-state index contributed by atoms with van der Waals surface area (Å²) in [6, 6.07) is 10.2. The highest BCUT2D eigenvalue weighted by Crippen LogP contribution is 2.27. The van der Waals surface area contributed by atoms with Crippen LogP contribution in [0.15, 0.2) is 35.0 Å². The lowest BCUT2D eigenvalue weighted by Gasteiger charge is -2.19. The molecule has 4 rings (SSSR count). The van der Waals surface area contributed by atoms with Crippen LogP contribution in [-0.4, -0.2) is 33.4 Å². The lowest BCUT2D eigenvalue weighted by atomic mass is 10.2. The maximum atomic E-state index is 4.73. The fraction of sp³-hybridized carbons (Fsp3) is 0.333. The lowest BCUT2D eigenvalue weighted by Crippen LogP contribution is -2.21. The fourth-order valence-electron chi connectivity index (χ4n) is 2.68. The minimum atomic E-state index is 0.429. The van der Waals surface area contributed by atoms with Gasteiger partial charge in [-0.2, -0.15) is 0 Å². The van der Waals surface area contributed by atoms with Crippen LogP contribution in [0.2, 0.25) is 0 Å². The van der Waals surface area contributed by atoms with Gasteiger partial charge < -0.3 is 10.2 Å². The average Bonchev–Trinajstić information content (AvgIpc) is 3.24. The summed E-state index contributed by atoms with van der Waals surface area (Å²) in [5.41, 5.74) is 2.07. The predicted octanol–water partition coefficient (Wildman–Crippen LogP) is 2.23. The fourth-order valence-corrected chi connectivity index (χ4v) is 2.68. The van der Waals surface area contributed by atoms with Crippen molar-refractivity contribution in [2.75, 3.05) is 23.3 Å². The van der Waals surface area contributed by atoms with Gasteiger partial charge in [-0.15, -0.1) is 0 Å². The molecule has 1 N–H and O–H groups in total. The van der Waals surface area contributed by atoms with Gasteiger partial charge in [0.2, 0.25) is 11.3 Å². The zero-order valence-electron chi connectivity index (χ0n) is 12.1. The van der Waals surface area contributed by atoms with Crippen LogP contribution in [0.3, 0.4) is 0 Å². The Balaban J connectivity index is 1.66. The van der Waals surface area contributed by atoms with Crippen molar-refractivity contribution in [1.29, 1.82) is 0 Å². The molecule has 1 aromatic carbocycles. The van der Waals surface area contributed by atoms with E-state index >= 15 is 0 Å². The van der Waals surface area contributed by atoms with Crippen molar-refractivity contribution in [1.82, 2.24) is 20.3 Å². The summed E-state index contributed by atoms with van der Waals surface area (Å²) in [6.45, 7) is 2.67. The highest BCUT2D eigenvalue weighted by molar-refractivity contribution is 5.74. The Hall–Kier alpha value is -2.70. The van der Waals surface area contributed by atoms with E-state index in [-0.39, 0.29) is 0 Å². The highest BCUT2D eigenvalue weighted by atomic mass is 16.6. The second kappa shape index (κ2) is 5.59. The molecule has 0 amide bonds. The third kappa shape index (κ3) is 2.45. The Morgan fingerprint density at radius 1 is 1.00 bits per heavy atom. The van der Waals surface area contributed by atoms with Gasteiger partial charge in [0, 0.05) is 19.6 Å². The van der Waals surface area contributed by atoms with Crippen LogP contribution in [0.4, 0.5) is 11.6 Å². The van der Waals surface area contributed by atoms with Gasteiger partial charge in [-0.25, -0.2) is 14.6 Å². The first-order valence-corrected chi connectivity index (χ1v) is 7.43. The average molecular weight is 296 g/mol. The Bertz CT molecular complexity index is 766. The molecule has 22 heavy (non-hydrogen) atoms. The molecule has 112 valence electrons. The minimum absolute atomic E-state index is 0.429. The number of hydrogen-bond acceptors (Lipinski definition) is 7. The summed E-state index contributed by atoms with van der Waals surface area (Å²) in [5, 5.41) is 10.9. The number of rotatable bonds is 4. The van der Waals surface area contributed by atoms with Gasteiger partial charge in [0.25, 0.3) is 0 Å². The second-order valence-corrected chi connectivity index (χ2v) is 5.34. The van der Waals surface area contributed by atoms with Gasteiger partial charge in [0.05, 0.1) is 0 Å². The van der Waals surface area contributed by atoms with E-state index in [2.05, 4.69) is 42.6 Å². The van der Waals surface area contributed by atoms with E-state index in [0.29, 0.717) is 17.8 Å². The molecule has 0 saturated carbocycles. The third-order valence-corrected chi connectivity index (χ3v) is 3.80. The number of anilines is 2. The molecule has 0 radical (unpaired) electrons. The van der Waals surface area contributed by atoms with Crippen LogP contribution >= 0.6 is 0 Å². The summed E-state index contributed by atoms with van der Waals surface area (Å²) in [6.07, 6.45) is 2.35. The molecule has 0 atom stereocenters. The van der Waals surface area contributed by atoms with Gasteiger partial charge >= 0.3 is 0 Å². The zero-order chi connectivity index (χ0) is 14.8. The Labute approximate surface area is 127 Å². The molecule has 1 saturated heterocycles. The van der Waals surface area contributed by atoms with Gasteiger partial charge in [-0.3, -0.25) is 0 Å². The molecule has 0 spiro atoms. The van der Waals surface area contributed by atoms with Gasteiger partial charge in [-0.05, 0) is 28.7 Å². The van der Waals surface area contributed by atoms with E-state index in [9.17, 15) is 0 Å². The van der Waals surface area contributed by atoms with Crippen molar-refractivity contribution in [3.63, 3.8) is 0 Å². The van der Waals surface area contributed by atoms with E-state index in [0.717, 1.165) is 24.7 Å². The van der Waals surface area contributed by atoms with Crippen molar-refractivity contribution >= 4 is 22.9 Å². The Morgan fingerprint density at radius 3 is 2.50 bits per heavy atom. The molecule has 2 aromatic heterocycles. The molecule has 0 bridgehead atoms. The second-order valence-electron chi connectivity index (χ2n) is 5.34. The predicted molar refractivity (Wildman–Crippen MR) is 82.6 cm³/mol. The largest absolute Gasteiger partial charge is 0.363 e. The monoisotopic (exact) mass is 296 g/mol. The number of hydrogen-bond donors (Lipinski definition) is 1. The number of nitrogens with one attached hydrogen (secondary N) is 1. The molecule has 1 aliphatic rings. The van der Waals surface area contributed by atoms with Crippen molar-refractivity contribution in [2.45, 2.75) is 19.4 Å². The summed E-state index contributed by atoms with van der Waals surface area (Å²) in [7, 11) is 0. The number of aromatic nitrogens is 4. The SMILES string of the molecule is c1ccc(CNc2nc3nonc3nc2N2CCCC2)cc1. The van der Waals surface area contributed by atoms with Crippen molar-refractivity contribution in [3.8, 4) is 0 Å². The Kier molecular flexibility index (Phi) is 3.30. The normalized spacial score (nSPS) is 14.6. The standard InChI is InChI=1S/C15H16N6O/c1-2-6-11(7-3-1)10-16-14-15(21-8-4-5-9-21)18-13-12(17-14)19-22-20-13/h1-3,6-7H,4-5,8-10H2,(H,16,17,19). The zero-order valence-corrected chi connectivity index (χ0v) is 12.1. The quantitative estimate of drug-likeness (QED) is 0.790. The van der Waals surface area contributed by atoms with E-state index in [1.807, 2.05) is 18.2 Å². The van der Waals surface area contributed by atoms with E-state index in [1.54, 1.807) is 0 Å². The first kappa shape index (κ1) is 13.0. The van der Waals surface area contributed by atoms with E-state index in [1.165, 1.54) is 18.4 Å². The first-order valence-electron chi connectivity index (χ1n) is 7.43. The summed E-state index contributed by atoms with van der Waals surface area (Å²) < 4.78 is 4.73. The van der Waals surface area contributed by atoms with Crippen LogP contribution in [-0.2, 0) is 6.54 Å². The smallest absolute Gasteiger partial charge is 0.245 e.